The molecule has 154 valence electrons. The Morgan fingerprint density at radius 2 is 1.88 bits per heavy atom. The van der Waals surface area contributed by atoms with Crippen molar-refractivity contribution in [2.24, 2.45) is 4.99 Å². The van der Waals surface area contributed by atoms with Gasteiger partial charge in [-0.2, -0.15) is 13.2 Å². The van der Waals surface area contributed by atoms with Gasteiger partial charge in [-0.3, -0.25) is 14.8 Å². The zero-order valence-corrected chi connectivity index (χ0v) is 18.1. The Morgan fingerprint density at radius 1 is 1.23 bits per heavy atom. The van der Waals surface area contributed by atoms with Crippen LogP contribution in [0.3, 0.4) is 0 Å². The average molecular weight is 493 g/mol. The van der Waals surface area contributed by atoms with E-state index < -0.39 is 12.2 Å². The van der Waals surface area contributed by atoms with E-state index in [0.29, 0.717) is 32.2 Å². The van der Waals surface area contributed by atoms with Gasteiger partial charge in [0, 0.05) is 58.9 Å². The lowest BCUT2D eigenvalue weighted by Gasteiger charge is -2.40. The number of hydrogen-bond acceptors (Lipinski definition) is 4. The number of guanidine groups is 1. The van der Waals surface area contributed by atoms with Crippen molar-refractivity contribution in [3.63, 3.8) is 0 Å². The summed E-state index contributed by atoms with van der Waals surface area (Å²) in [5, 5.41) is 3.33. The fraction of sp³-hybridized carbons (Fsp3) is 0.938. The van der Waals surface area contributed by atoms with Gasteiger partial charge in [-0.05, 0) is 13.8 Å². The number of ether oxygens (including phenoxy) is 1. The highest BCUT2D eigenvalue weighted by atomic mass is 127. The summed E-state index contributed by atoms with van der Waals surface area (Å²) >= 11 is 0. The highest BCUT2D eigenvalue weighted by Gasteiger charge is 2.41. The molecule has 2 fully saturated rings. The third kappa shape index (κ3) is 6.68. The van der Waals surface area contributed by atoms with Crippen LogP contribution in [0.5, 0.6) is 0 Å². The lowest BCUT2D eigenvalue weighted by Crippen LogP contribution is -2.57. The summed E-state index contributed by atoms with van der Waals surface area (Å²) in [6.45, 7) is 9.36. The second-order valence-electron chi connectivity index (χ2n) is 6.67. The summed E-state index contributed by atoms with van der Waals surface area (Å²) in [5.74, 6) is 0.764. The molecule has 0 aromatic rings. The van der Waals surface area contributed by atoms with Gasteiger partial charge in [0.1, 0.15) is 6.04 Å². The van der Waals surface area contributed by atoms with E-state index in [4.69, 9.17) is 4.74 Å². The second-order valence-corrected chi connectivity index (χ2v) is 6.67. The molecule has 0 amide bonds. The van der Waals surface area contributed by atoms with E-state index in [9.17, 15) is 13.2 Å². The quantitative estimate of drug-likeness (QED) is 0.365. The third-order valence-corrected chi connectivity index (χ3v) is 5.03. The van der Waals surface area contributed by atoms with Gasteiger partial charge in [0.15, 0.2) is 5.96 Å². The summed E-state index contributed by atoms with van der Waals surface area (Å²) in [5.41, 5.74) is 0. The van der Waals surface area contributed by atoms with Crippen molar-refractivity contribution >= 4 is 29.9 Å². The van der Waals surface area contributed by atoms with Crippen molar-refractivity contribution in [2.45, 2.75) is 32.1 Å². The zero-order valence-electron chi connectivity index (χ0n) is 15.8. The summed E-state index contributed by atoms with van der Waals surface area (Å²) in [6.07, 6.45) is -4.17. The van der Waals surface area contributed by atoms with Crippen LogP contribution >= 0.6 is 24.0 Å². The molecule has 0 aromatic carbocycles. The number of halogens is 4. The van der Waals surface area contributed by atoms with Gasteiger partial charge in [-0.25, -0.2) is 0 Å². The number of aliphatic imine (C=N–C) groups is 1. The van der Waals surface area contributed by atoms with E-state index in [1.807, 2.05) is 4.90 Å². The molecule has 10 heteroatoms. The zero-order chi connectivity index (χ0) is 18.4. The van der Waals surface area contributed by atoms with Crippen LogP contribution in [0.4, 0.5) is 13.2 Å². The fourth-order valence-corrected chi connectivity index (χ4v) is 3.27. The van der Waals surface area contributed by atoms with Crippen molar-refractivity contribution in [1.82, 2.24) is 20.0 Å². The number of rotatable bonds is 4. The lowest BCUT2D eigenvalue weighted by molar-refractivity contribution is -0.181. The van der Waals surface area contributed by atoms with Gasteiger partial charge in [-0.15, -0.1) is 24.0 Å². The van der Waals surface area contributed by atoms with Crippen LogP contribution in [0.25, 0.3) is 0 Å². The summed E-state index contributed by atoms with van der Waals surface area (Å²) in [4.78, 5) is 10.2. The van der Waals surface area contributed by atoms with Crippen LogP contribution < -0.4 is 5.32 Å². The predicted octanol–water partition coefficient (Wildman–Crippen LogP) is 1.47. The molecular weight excluding hydrogens is 462 g/mol. The molecule has 1 N–H and O–H groups in total. The number of nitrogens with one attached hydrogen (secondary N) is 1. The number of hydrogen-bond donors (Lipinski definition) is 1. The highest BCUT2D eigenvalue weighted by molar-refractivity contribution is 14.0. The molecule has 0 radical (unpaired) electrons. The first-order valence-electron chi connectivity index (χ1n) is 8.91. The van der Waals surface area contributed by atoms with Crippen molar-refractivity contribution in [2.75, 3.05) is 66.1 Å². The molecule has 0 bridgehead atoms. The first kappa shape index (κ1) is 23.7. The predicted molar refractivity (Wildman–Crippen MR) is 107 cm³/mol. The normalized spacial score (nSPS) is 24.9. The highest BCUT2D eigenvalue weighted by Crippen LogP contribution is 2.25. The molecule has 0 saturated carbocycles. The van der Waals surface area contributed by atoms with Crippen LogP contribution in [0, 0.1) is 0 Å². The van der Waals surface area contributed by atoms with Crippen molar-refractivity contribution in [3.05, 3.63) is 0 Å². The molecule has 6 nitrogen and oxygen atoms in total. The molecule has 0 aromatic heterocycles. The standard InChI is InChI=1S/C16H30F3N5O.HI/c1-13-12-25-11-10-22(13)5-4-21-15(20-3)24-8-6-23(7-9-24)14(2)16(17,18)19;/h13-14H,4-12H2,1-3H3,(H,20,21);1H. The molecule has 2 unspecified atom stereocenters. The largest absolute Gasteiger partial charge is 0.403 e. The van der Waals surface area contributed by atoms with E-state index >= 15 is 0 Å². The monoisotopic (exact) mass is 493 g/mol. The van der Waals surface area contributed by atoms with Gasteiger partial charge in [-0.1, -0.05) is 0 Å². The Bertz CT molecular complexity index is 444. The smallest absolute Gasteiger partial charge is 0.379 e. The Morgan fingerprint density at radius 3 is 2.42 bits per heavy atom. The molecule has 0 aliphatic carbocycles. The molecule has 0 spiro atoms. The SMILES string of the molecule is CN=C(NCCN1CCOCC1C)N1CCN(C(C)C(F)(F)F)CC1.I. The summed E-state index contributed by atoms with van der Waals surface area (Å²) in [7, 11) is 1.71. The second kappa shape index (κ2) is 10.9. The van der Waals surface area contributed by atoms with E-state index in [1.165, 1.54) is 11.8 Å². The topological polar surface area (TPSA) is 43.3 Å². The van der Waals surface area contributed by atoms with Crippen LogP contribution in [-0.2, 0) is 4.74 Å². The lowest BCUT2D eigenvalue weighted by atomic mass is 10.2. The number of nitrogens with zero attached hydrogens (tertiary/aromatic N) is 4. The van der Waals surface area contributed by atoms with E-state index in [1.54, 1.807) is 7.05 Å². The minimum absolute atomic E-state index is 0. The average Bonchev–Trinajstić information content (AvgIpc) is 2.59. The Kier molecular flexibility index (Phi) is 9.91. The maximum Gasteiger partial charge on any atom is 0.403 e. The fourth-order valence-electron chi connectivity index (χ4n) is 3.27. The summed E-state index contributed by atoms with van der Waals surface area (Å²) < 4.78 is 43.9. The Hall–Kier alpha value is -0.330. The molecule has 2 atom stereocenters. The third-order valence-electron chi connectivity index (χ3n) is 5.03. The molecule has 26 heavy (non-hydrogen) atoms. The van der Waals surface area contributed by atoms with Gasteiger partial charge in [0.2, 0.25) is 0 Å². The van der Waals surface area contributed by atoms with Crippen LogP contribution in [0.15, 0.2) is 4.99 Å². The first-order chi connectivity index (χ1) is 11.8. The molecule has 2 aliphatic heterocycles. The Balaban J connectivity index is 0.00000338. The van der Waals surface area contributed by atoms with Gasteiger partial charge in [0.25, 0.3) is 0 Å². The van der Waals surface area contributed by atoms with E-state index in [-0.39, 0.29) is 24.0 Å². The van der Waals surface area contributed by atoms with Crippen LogP contribution in [0.1, 0.15) is 13.8 Å². The van der Waals surface area contributed by atoms with Gasteiger partial charge < -0.3 is 15.0 Å². The first-order valence-corrected chi connectivity index (χ1v) is 8.91. The van der Waals surface area contributed by atoms with Crippen LogP contribution in [-0.4, -0.2) is 105 Å². The molecule has 2 saturated heterocycles. The summed E-state index contributed by atoms with van der Waals surface area (Å²) in [6, 6.07) is -0.989. The number of piperazine rings is 1. The maximum atomic E-state index is 12.8. The number of alkyl halides is 3. The van der Waals surface area contributed by atoms with Crippen molar-refractivity contribution < 1.29 is 17.9 Å². The molecule has 2 heterocycles. The van der Waals surface area contributed by atoms with Crippen LogP contribution in [0.2, 0.25) is 0 Å². The Labute approximate surface area is 171 Å². The molecule has 2 rings (SSSR count). The van der Waals surface area contributed by atoms with Gasteiger partial charge >= 0.3 is 6.18 Å². The van der Waals surface area contributed by atoms with Gasteiger partial charge in [0.05, 0.1) is 13.2 Å². The molecule has 2 aliphatic rings. The maximum absolute atomic E-state index is 12.8. The van der Waals surface area contributed by atoms with E-state index in [2.05, 4.69) is 22.1 Å². The number of morpholine rings is 1. The van der Waals surface area contributed by atoms with Crippen molar-refractivity contribution in [3.8, 4) is 0 Å². The minimum Gasteiger partial charge on any atom is -0.379 e. The minimum atomic E-state index is -4.17. The van der Waals surface area contributed by atoms with E-state index in [0.717, 1.165) is 38.8 Å². The van der Waals surface area contributed by atoms with Crippen molar-refractivity contribution in [1.29, 1.82) is 0 Å². The molecular formula is C16H31F3IN5O.